The molecule has 6 nitrogen and oxygen atoms in total. The fourth-order valence-electron chi connectivity index (χ4n) is 4.93. The fraction of sp³-hybridized carbons (Fsp3) is 0.478. The van der Waals surface area contributed by atoms with Gasteiger partial charge in [-0.05, 0) is 43.9 Å². The van der Waals surface area contributed by atoms with E-state index < -0.39 is 11.3 Å². The Kier molecular flexibility index (Phi) is 5.78. The van der Waals surface area contributed by atoms with Gasteiger partial charge in [-0.1, -0.05) is 43.0 Å². The third kappa shape index (κ3) is 3.81. The molecular formula is C23H27ClN4O2. The highest BCUT2D eigenvalue weighted by atomic mass is 35.5. The summed E-state index contributed by atoms with van der Waals surface area (Å²) in [5, 5.41) is 0.685. The number of aryl methyl sites for hydroxylation is 1. The van der Waals surface area contributed by atoms with Gasteiger partial charge in [0.2, 0.25) is 5.91 Å². The lowest BCUT2D eigenvalue weighted by molar-refractivity contribution is -0.137. The number of nitrogens with two attached hydrogens (primary N) is 1. The van der Waals surface area contributed by atoms with Crippen molar-refractivity contribution in [3.8, 4) is 0 Å². The van der Waals surface area contributed by atoms with Gasteiger partial charge in [-0.25, -0.2) is 9.97 Å². The number of likely N-dealkylation sites (tertiary alicyclic amines) is 1. The lowest BCUT2D eigenvalue weighted by atomic mass is 9.68. The summed E-state index contributed by atoms with van der Waals surface area (Å²) in [7, 11) is 0. The highest BCUT2D eigenvalue weighted by Gasteiger charge is 2.45. The third-order valence-electron chi connectivity index (χ3n) is 6.62. The van der Waals surface area contributed by atoms with Gasteiger partial charge in [-0.2, -0.15) is 0 Å². The van der Waals surface area contributed by atoms with Gasteiger partial charge in [-0.15, -0.1) is 0 Å². The van der Waals surface area contributed by atoms with Gasteiger partial charge in [0.1, 0.15) is 5.82 Å². The number of nitrogens with zero attached hydrogens (tertiary/aromatic N) is 3. The second-order valence-electron chi connectivity index (χ2n) is 8.48. The normalized spacial score (nSPS) is 20.9. The molecule has 1 unspecified atom stereocenters. The van der Waals surface area contributed by atoms with E-state index in [9.17, 15) is 9.59 Å². The van der Waals surface area contributed by atoms with Crippen molar-refractivity contribution in [2.45, 2.75) is 56.8 Å². The highest BCUT2D eigenvalue weighted by Crippen LogP contribution is 2.42. The van der Waals surface area contributed by atoms with Gasteiger partial charge in [0, 0.05) is 30.2 Å². The minimum absolute atomic E-state index is 0.0698. The summed E-state index contributed by atoms with van der Waals surface area (Å²) in [4.78, 5) is 36.1. The maximum Gasteiger partial charge on any atom is 0.252 e. The zero-order valence-corrected chi connectivity index (χ0v) is 18.0. The van der Waals surface area contributed by atoms with Crippen molar-refractivity contribution in [2.24, 2.45) is 5.73 Å². The second-order valence-corrected chi connectivity index (χ2v) is 8.91. The number of amides is 2. The van der Waals surface area contributed by atoms with Crippen molar-refractivity contribution in [3.63, 3.8) is 0 Å². The average molecular weight is 427 g/mol. The molecule has 1 atom stereocenters. The van der Waals surface area contributed by atoms with Crippen molar-refractivity contribution in [1.29, 1.82) is 0 Å². The molecule has 0 bridgehead atoms. The number of aromatic nitrogens is 2. The van der Waals surface area contributed by atoms with Gasteiger partial charge < -0.3 is 10.6 Å². The van der Waals surface area contributed by atoms with Crippen LogP contribution in [0.15, 0.2) is 30.5 Å². The van der Waals surface area contributed by atoms with E-state index in [4.69, 9.17) is 17.3 Å². The minimum atomic E-state index is -0.524. The standard InChI is InChI=1S/C23H27ClN4O2/c1-15-19(20(25)29)13-26-21(27-15)16-9-12-28(14-16)22(30)23(10-3-2-4-11-23)17-5-7-18(24)8-6-17/h5-8,13,16H,2-4,9-12,14H2,1H3,(H2,25,29). The van der Waals surface area contributed by atoms with E-state index >= 15 is 0 Å². The number of hydrogen-bond donors (Lipinski definition) is 1. The molecule has 2 heterocycles. The number of halogens is 1. The smallest absolute Gasteiger partial charge is 0.252 e. The van der Waals surface area contributed by atoms with E-state index in [1.807, 2.05) is 29.2 Å². The Bertz CT molecular complexity index is 954. The van der Waals surface area contributed by atoms with Crippen molar-refractivity contribution in [2.75, 3.05) is 13.1 Å². The van der Waals surface area contributed by atoms with Crippen LogP contribution in [0.25, 0.3) is 0 Å². The van der Waals surface area contributed by atoms with Crippen LogP contribution in [-0.2, 0) is 10.2 Å². The maximum atomic E-state index is 13.8. The topological polar surface area (TPSA) is 89.2 Å². The molecule has 1 aliphatic heterocycles. The summed E-state index contributed by atoms with van der Waals surface area (Å²) in [5.74, 6) is 0.430. The largest absolute Gasteiger partial charge is 0.365 e. The molecule has 1 aliphatic carbocycles. The van der Waals surface area contributed by atoms with Crippen molar-refractivity contribution >= 4 is 23.4 Å². The van der Waals surface area contributed by atoms with Crippen LogP contribution in [0.3, 0.4) is 0 Å². The summed E-state index contributed by atoms with van der Waals surface area (Å²) < 4.78 is 0. The second kappa shape index (κ2) is 8.34. The first-order valence-corrected chi connectivity index (χ1v) is 11.0. The summed E-state index contributed by atoms with van der Waals surface area (Å²) in [6.07, 6.45) is 7.35. The SMILES string of the molecule is Cc1nc(C2CCN(C(=O)C3(c4ccc(Cl)cc4)CCCCC3)C2)ncc1C(N)=O. The van der Waals surface area contributed by atoms with E-state index in [-0.39, 0.29) is 11.8 Å². The van der Waals surface area contributed by atoms with E-state index in [1.165, 1.54) is 12.6 Å². The van der Waals surface area contributed by atoms with E-state index in [0.717, 1.165) is 37.7 Å². The summed E-state index contributed by atoms with van der Waals surface area (Å²) in [5.41, 5.74) is 6.89. The first-order chi connectivity index (χ1) is 14.4. The number of rotatable bonds is 4. The quantitative estimate of drug-likeness (QED) is 0.806. The minimum Gasteiger partial charge on any atom is -0.365 e. The van der Waals surface area contributed by atoms with Gasteiger partial charge in [0.25, 0.3) is 5.91 Å². The fourth-order valence-corrected chi connectivity index (χ4v) is 5.06. The number of primary amides is 1. The third-order valence-corrected chi connectivity index (χ3v) is 6.87. The summed E-state index contributed by atoms with van der Waals surface area (Å²) in [6, 6.07) is 7.77. The zero-order valence-electron chi connectivity index (χ0n) is 17.2. The molecule has 30 heavy (non-hydrogen) atoms. The Morgan fingerprint density at radius 2 is 1.87 bits per heavy atom. The first-order valence-electron chi connectivity index (χ1n) is 10.6. The van der Waals surface area contributed by atoms with Crippen LogP contribution in [0, 0.1) is 6.92 Å². The van der Waals surface area contributed by atoms with Crippen LogP contribution in [0.4, 0.5) is 0 Å². The van der Waals surface area contributed by atoms with Crippen molar-refractivity contribution in [1.82, 2.24) is 14.9 Å². The molecule has 158 valence electrons. The summed E-state index contributed by atoms with van der Waals surface area (Å²) >= 11 is 6.09. The van der Waals surface area contributed by atoms with Crippen molar-refractivity contribution < 1.29 is 9.59 Å². The molecule has 1 aromatic carbocycles. The van der Waals surface area contributed by atoms with Crippen LogP contribution < -0.4 is 5.73 Å². The molecular weight excluding hydrogens is 400 g/mol. The van der Waals surface area contributed by atoms with Gasteiger partial charge in [0.15, 0.2) is 0 Å². The molecule has 0 spiro atoms. The molecule has 1 saturated heterocycles. The lowest BCUT2D eigenvalue weighted by Gasteiger charge is -2.39. The van der Waals surface area contributed by atoms with E-state index in [0.29, 0.717) is 35.2 Å². The molecule has 2 amide bonds. The summed E-state index contributed by atoms with van der Waals surface area (Å²) in [6.45, 7) is 3.06. The Labute approximate surface area is 181 Å². The molecule has 2 N–H and O–H groups in total. The molecule has 0 radical (unpaired) electrons. The number of benzene rings is 1. The van der Waals surface area contributed by atoms with Crippen LogP contribution in [-0.4, -0.2) is 39.8 Å². The molecule has 2 aromatic rings. The molecule has 7 heteroatoms. The van der Waals surface area contributed by atoms with Gasteiger partial charge in [0.05, 0.1) is 16.7 Å². The Morgan fingerprint density at radius 3 is 2.50 bits per heavy atom. The Hall–Kier alpha value is -2.47. The van der Waals surface area contributed by atoms with Crippen LogP contribution in [0.5, 0.6) is 0 Å². The number of hydrogen-bond acceptors (Lipinski definition) is 4. The lowest BCUT2D eigenvalue weighted by Crippen LogP contribution is -2.47. The first kappa shape index (κ1) is 20.8. The Balaban J connectivity index is 1.56. The van der Waals surface area contributed by atoms with E-state index in [1.54, 1.807) is 6.92 Å². The predicted octanol–water partition coefficient (Wildman–Crippen LogP) is 3.76. The van der Waals surface area contributed by atoms with Crippen LogP contribution in [0.1, 0.15) is 71.9 Å². The Morgan fingerprint density at radius 1 is 1.17 bits per heavy atom. The van der Waals surface area contributed by atoms with Gasteiger partial charge >= 0.3 is 0 Å². The monoisotopic (exact) mass is 426 g/mol. The van der Waals surface area contributed by atoms with Crippen LogP contribution in [0.2, 0.25) is 5.02 Å². The average Bonchev–Trinajstić information content (AvgIpc) is 3.24. The molecule has 2 fully saturated rings. The molecule has 1 aromatic heterocycles. The van der Waals surface area contributed by atoms with E-state index in [2.05, 4.69) is 9.97 Å². The zero-order chi connectivity index (χ0) is 21.3. The van der Waals surface area contributed by atoms with Crippen LogP contribution >= 0.6 is 11.6 Å². The van der Waals surface area contributed by atoms with Crippen molar-refractivity contribution in [3.05, 3.63) is 58.1 Å². The maximum absolute atomic E-state index is 13.8. The van der Waals surface area contributed by atoms with Gasteiger partial charge in [-0.3, -0.25) is 9.59 Å². The number of carbonyl (C=O) groups is 2. The molecule has 4 rings (SSSR count). The molecule has 1 saturated carbocycles. The number of carbonyl (C=O) groups excluding carboxylic acids is 2. The highest BCUT2D eigenvalue weighted by molar-refractivity contribution is 6.30. The predicted molar refractivity (Wildman–Crippen MR) is 115 cm³/mol. The molecule has 2 aliphatic rings.